The number of benzene rings is 1. The van der Waals surface area contributed by atoms with Crippen LogP contribution in [0.2, 0.25) is 0 Å². The highest BCUT2D eigenvalue weighted by molar-refractivity contribution is 5.88. The predicted octanol–water partition coefficient (Wildman–Crippen LogP) is 0.186. The van der Waals surface area contributed by atoms with Crippen LogP contribution in [-0.2, 0) is 25.7 Å². The van der Waals surface area contributed by atoms with Gasteiger partial charge in [0, 0.05) is 13.1 Å². The first-order valence-corrected chi connectivity index (χ1v) is 8.06. The van der Waals surface area contributed by atoms with Crippen molar-refractivity contribution in [2.24, 2.45) is 5.73 Å². The maximum Gasteiger partial charge on any atom is 0.320 e. The fourth-order valence-electron chi connectivity index (χ4n) is 2.60. The number of hydrogen-bond donors (Lipinski definition) is 2. The summed E-state index contributed by atoms with van der Waals surface area (Å²) in [6.45, 7) is 1.37. The lowest BCUT2D eigenvalue weighted by Crippen LogP contribution is -2.48. The molecule has 2 rings (SSSR count). The molecule has 0 saturated carbocycles. The molecule has 1 aromatic rings. The molecule has 2 amide bonds. The van der Waals surface area contributed by atoms with Crippen molar-refractivity contribution in [3.05, 3.63) is 35.9 Å². The molecule has 0 bridgehead atoms. The number of esters is 1. The monoisotopic (exact) mass is 333 g/mol. The maximum absolute atomic E-state index is 12.4. The van der Waals surface area contributed by atoms with Gasteiger partial charge in [-0.05, 0) is 18.4 Å². The minimum absolute atomic E-state index is 0.138. The van der Waals surface area contributed by atoms with E-state index >= 15 is 0 Å². The number of primary amides is 1. The zero-order valence-electron chi connectivity index (χ0n) is 13.6. The topological polar surface area (TPSA) is 102 Å². The Morgan fingerprint density at radius 1 is 1.17 bits per heavy atom. The number of nitrogens with two attached hydrogens (primary N) is 1. The highest BCUT2D eigenvalue weighted by Gasteiger charge is 2.28. The van der Waals surface area contributed by atoms with Crippen molar-refractivity contribution in [2.75, 3.05) is 19.6 Å². The minimum Gasteiger partial charge on any atom is -0.460 e. The van der Waals surface area contributed by atoms with Crippen LogP contribution in [0.5, 0.6) is 0 Å². The van der Waals surface area contributed by atoms with Crippen LogP contribution >= 0.6 is 0 Å². The maximum atomic E-state index is 12.4. The molecule has 0 aliphatic carbocycles. The largest absolute Gasteiger partial charge is 0.460 e. The summed E-state index contributed by atoms with van der Waals surface area (Å²) in [5.74, 6) is -1.26. The summed E-state index contributed by atoms with van der Waals surface area (Å²) < 4.78 is 5.15. The third-order valence-electron chi connectivity index (χ3n) is 3.86. The second-order valence-electron chi connectivity index (χ2n) is 5.78. The molecule has 1 atom stereocenters. The van der Waals surface area contributed by atoms with Crippen LogP contribution in [0.25, 0.3) is 0 Å². The first-order valence-electron chi connectivity index (χ1n) is 8.06. The van der Waals surface area contributed by atoms with Gasteiger partial charge in [0.2, 0.25) is 11.8 Å². The van der Waals surface area contributed by atoms with Gasteiger partial charge in [0.25, 0.3) is 0 Å². The van der Waals surface area contributed by atoms with Crippen LogP contribution in [0.3, 0.4) is 0 Å². The highest BCUT2D eigenvalue weighted by Crippen LogP contribution is 2.10. The number of carbonyl (C=O) groups excluding carboxylic acids is 3. The van der Waals surface area contributed by atoms with Crippen LogP contribution in [0, 0.1) is 0 Å². The highest BCUT2D eigenvalue weighted by atomic mass is 16.5. The van der Waals surface area contributed by atoms with Crippen molar-refractivity contribution in [3.8, 4) is 0 Å². The van der Waals surface area contributed by atoms with Gasteiger partial charge in [-0.1, -0.05) is 30.3 Å². The quantitative estimate of drug-likeness (QED) is 0.661. The van der Waals surface area contributed by atoms with E-state index in [9.17, 15) is 14.4 Å². The molecule has 1 aromatic carbocycles. The van der Waals surface area contributed by atoms with Crippen molar-refractivity contribution in [3.63, 3.8) is 0 Å². The molecule has 1 fully saturated rings. The van der Waals surface area contributed by atoms with E-state index in [1.54, 1.807) is 4.90 Å². The van der Waals surface area contributed by atoms with E-state index in [4.69, 9.17) is 10.5 Å². The lowest BCUT2D eigenvalue weighted by molar-refractivity contribution is -0.144. The van der Waals surface area contributed by atoms with Crippen molar-refractivity contribution in [1.29, 1.82) is 0 Å². The standard InChI is InChI=1S/C17H23N3O4/c18-15(21)10-14(17(23)20-8-4-5-9-20)19-11-16(22)24-12-13-6-2-1-3-7-13/h1-3,6-7,14,19H,4-5,8-12H2,(H2,18,21). The van der Waals surface area contributed by atoms with E-state index in [1.807, 2.05) is 30.3 Å². The molecular formula is C17H23N3O4. The summed E-state index contributed by atoms with van der Waals surface area (Å²) in [5, 5.41) is 2.80. The Bertz CT molecular complexity index is 570. The SMILES string of the molecule is NC(=O)CC(NCC(=O)OCc1ccccc1)C(=O)N1CCCC1. The van der Waals surface area contributed by atoms with Crippen LogP contribution in [0.1, 0.15) is 24.8 Å². The molecule has 24 heavy (non-hydrogen) atoms. The molecule has 1 saturated heterocycles. The molecule has 0 spiro atoms. The van der Waals surface area contributed by atoms with E-state index in [0.29, 0.717) is 13.1 Å². The van der Waals surface area contributed by atoms with Crippen molar-refractivity contribution in [1.82, 2.24) is 10.2 Å². The van der Waals surface area contributed by atoms with Crippen LogP contribution in [0.4, 0.5) is 0 Å². The summed E-state index contributed by atoms with van der Waals surface area (Å²) in [4.78, 5) is 37.1. The zero-order valence-corrected chi connectivity index (χ0v) is 13.6. The van der Waals surface area contributed by atoms with Gasteiger partial charge < -0.3 is 15.4 Å². The van der Waals surface area contributed by atoms with Crippen molar-refractivity contribution < 1.29 is 19.1 Å². The number of rotatable bonds is 8. The molecule has 1 aliphatic rings. The smallest absolute Gasteiger partial charge is 0.320 e. The number of amides is 2. The Hall–Kier alpha value is -2.41. The summed E-state index contributed by atoms with van der Waals surface area (Å²) in [7, 11) is 0. The van der Waals surface area contributed by atoms with Gasteiger partial charge in [-0.25, -0.2) is 0 Å². The first kappa shape index (κ1) is 17.9. The summed E-state index contributed by atoms with van der Waals surface area (Å²) in [6.07, 6.45) is 1.77. The van der Waals surface area contributed by atoms with Gasteiger partial charge in [-0.15, -0.1) is 0 Å². The van der Waals surface area contributed by atoms with E-state index < -0.39 is 17.9 Å². The average molecular weight is 333 g/mol. The molecule has 130 valence electrons. The number of carbonyl (C=O) groups is 3. The molecular weight excluding hydrogens is 310 g/mol. The molecule has 0 aromatic heterocycles. The first-order chi connectivity index (χ1) is 11.6. The Morgan fingerprint density at radius 2 is 1.83 bits per heavy atom. The van der Waals surface area contributed by atoms with Crippen molar-refractivity contribution in [2.45, 2.75) is 31.9 Å². The van der Waals surface area contributed by atoms with Crippen LogP contribution in [0.15, 0.2) is 30.3 Å². The molecule has 0 radical (unpaired) electrons. The molecule has 7 nitrogen and oxygen atoms in total. The summed E-state index contributed by atoms with van der Waals surface area (Å²) >= 11 is 0. The predicted molar refractivity (Wildman–Crippen MR) is 87.7 cm³/mol. The fourth-order valence-corrected chi connectivity index (χ4v) is 2.60. The molecule has 3 N–H and O–H groups in total. The normalized spacial score (nSPS) is 15.1. The van der Waals surface area contributed by atoms with Gasteiger partial charge in [0.15, 0.2) is 0 Å². The van der Waals surface area contributed by atoms with Gasteiger partial charge in [0.1, 0.15) is 6.61 Å². The summed E-state index contributed by atoms with van der Waals surface area (Å²) in [5.41, 5.74) is 6.09. The lowest BCUT2D eigenvalue weighted by atomic mass is 10.1. The second-order valence-corrected chi connectivity index (χ2v) is 5.78. The molecule has 7 heteroatoms. The van der Waals surface area contributed by atoms with Crippen molar-refractivity contribution >= 4 is 17.8 Å². The Morgan fingerprint density at radius 3 is 2.46 bits per heavy atom. The van der Waals surface area contributed by atoms with Gasteiger partial charge >= 0.3 is 5.97 Å². The van der Waals surface area contributed by atoms with E-state index in [0.717, 1.165) is 18.4 Å². The number of ether oxygens (including phenoxy) is 1. The van der Waals surface area contributed by atoms with Gasteiger partial charge in [0.05, 0.1) is 19.0 Å². The zero-order chi connectivity index (χ0) is 17.4. The van der Waals surface area contributed by atoms with E-state index in [2.05, 4.69) is 5.32 Å². The molecule has 1 unspecified atom stereocenters. The second kappa shape index (κ2) is 9.02. The third kappa shape index (κ3) is 5.66. The van der Waals surface area contributed by atoms with Crippen LogP contribution < -0.4 is 11.1 Å². The lowest BCUT2D eigenvalue weighted by Gasteiger charge is -2.23. The van der Waals surface area contributed by atoms with Crippen LogP contribution in [-0.4, -0.2) is 48.4 Å². The third-order valence-corrected chi connectivity index (χ3v) is 3.86. The fraction of sp³-hybridized carbons (Fsp3) is 0.471. The number of hydrogen-bond acceptors (Lipinski definition) is 5. The summed E-state index contributed by atoms with van der Waals surface area (Å²) in [6, 6.07) is 8.52. The number of nitrogens with zero attached hydrogens (tertiary/aromatic N) is 1. The Balaban J connectivity index is 1.81. The van der Waals surface area contributed by atoms with Gasteiger partial charge in [-0.3, -0.25) is 19.7 Å². The Labute approximate surface area is 141 Å². The Kier molecular flexibility index (Phi) is 6.74. The number of nitrogens with one attached hydrogen (secondary N) is 1. The minimum atomic E-state index is -0.787. The number of likely N-dealkylation sites (tertiary alicyclic amines) is 1. The molecule has 1 aliphatic heterocycles. The van der Waals surface area contributed by atoms with E-state index in [-0.39, 0.29) is 25.5 Å². The average Bonchev–Trinajstić information content (AvgIpc) is 3.11. The van der Waals surface area contributed by atoms with E-state index in [1.165, 1.54) is 0 Å². The molecule has 1 heterocycles. The van der Waals surface area contributed by atoms with Gasteiger partial charge in [-0.2, -0.15) is 0 Å².